The van der Waals surface area contributed by atoms with E-state index in [9.17, 15) is 9.59 Å². The zero-order valence-corrected chi connectivity index (χ0v) is 10.9. The number of nitrogens with one attached hydrogen (secondary N) is 2. The second-order valence-corrected chi connectivity index (χ2v) is 4.40. The number of hydrogen-bond acceptors (Lipinski definition) is 3. The van der Waals surface area contributed by atoms with Gasteiger partial charge in [0.1, 0.15) is 0 Å². The van der Waals surface area contributed by atoms with Crippen LogP contribution in [0.15, 0.2) is 18.2 Å². The van der Waals surface area contributed by atoms with Crippen LogP contribution in [0.25, 0.3) is 0 Å². The zero-order valence-electron chi connectivity index (χ0n) is 10.2. The highest BCUT2D eigenvalue weighted by Gasteiger charge is 2.16. The maximum absolute atomic E-state index is 11.6. The smallest absolute Gasteiger partial charge is 0.313 e. The third-order valence-corrected chi connectivity index (χ3v) is 2.56. The number of aliphatic hydroxyl groups excluding tert-OH is 1. The van der Waals surface area contributed by atoms with Crippen LogP contribution >= 0.6 is 11.6 Å². The van der Waals surface area contributed by atoms with Crippen molar-refractivity contribution in [2.24, 2.45) is 0 Å². The number of aryl methyl sites for hydroxylation is 1. The van der Waals surface area contributed by atoms with Crippen molar-refractivity contribution in [3.05, 3.63) is 28.8 Å². The Kier molecular flexibility index (Phi) is 5.12. The van der Waals surface area contributed by atoms with Gasteiger partial charge in [0.25, 0.3) is 0 Å². The molecule has 6 heteroatoms. The topological polar surface area (TPSA) is 78.4 Å². The molecule has 0 bridgehead atoms. The second kappa shape index (κ2) is 6.37. The highest BCUT2D eigenvalue weighted by Crippen LogP contribution is 2.22. The van der Waals surface area contributed by atoms with Gasteiger partial charge in [0.15, 0.2) is 0 Å². The molecule has 98 valence electrons. The molecule has 0 heterocycles. The molecule has 0 aliphatic heterocycles. The minimum atomic E-state index is -0.817. The quantitative estimate of drug-likeness (QED) is 0.720. The predicted octanol–water partition coefficient (Wildman–Crippen LogP) is 1.08. The molecule has 0 aliphatic rings. The number of aliphatic hydroxyl groups is 1. The molecule has 0 fully saturated rings. The summed E-state index contributed by atoms with van der Waals surface area (Å²) in [5, 5.41) is 13.9. The number of rotatable bonds is 3. The number of halogens is 1. The molecule has 0 saturated carbocycles. The van der Waals surface area contributed by atoms with Gasteiger partial charge >= 0.3 is 11.8 Å². The summed E-state index contributed by atoms with van der Waals surface area (Å²) in [6.45, 7) is 3.20. The van der Waals surface area contributed by atoms with Gasteiger partial charge in [0.2, 0.25) is 0 Å². The lowest BCUT2D eigenvalue weighted by Crippen LogP contribution is -2.42. The Balaban J connectivity index is 2.69. The molecule has 5 nitrogen and oxygen atoms in total. The van der Waals surface area contributed by atoms with Crippen LogP contribution in [0.5, 0.6) is 0 Å². The number of amides is 2. The van der Waals surface area contributed by atoms with Crippen LogP contribution in [0.3, 0.4) is 0 Å². The van der Waals surface area contributed by atoms with Gasteiger partial charge in [-0.2, -0.15) is 0 Å². The Morgan fingerprint density at radius 2 is 2.06 bits per heavy atom. The minimum absolute atomic E-state index is 0.232. The average molecular weight is 271 g/mol. The van der Waals surface area contributed by atoms with E-state index in [4.69, 9.17) is 16.7 Å². The highest BCUT2D eigenvalue weighted by molar-refractivity contribution is 6.41. The van der Waals surface area contributed by atoms with Gasteiger partial charge in [0, 0.05) is 6.04 Å². The predicted molar refractivity (Wildman–Crippen MR) is 69.5 cm³/mol. The molecule has 0 aliphatic carbocycles. The summed E-state index contributed by atoms with van der Waals surface area (Å²) in [4.78, 5) is 23.0. The molecule has 18 heavy (non-hydrogen) atoms. The Hall–Kier alpha value is -1.59. The van der Waals surface area contributed by atoms with Crippen LogP contribution in [0.4, 0.5) is 5.69 Å². The lowest BCUT2D eigenvalue weighted by Gasteiger charge is -2.11. The third kappa shape index (κ3) is 4.01. The van der Waals surface area contributed by atoms with Crippen molar-refractivity contribution in [2.75, 3.05) is 11.9 Å². The minimum Gasteiger partial charge on any atom is -0.394 e. The lowest BCUT2D eigenvalue weighted by molar-refractivity contribution is -0.136. The van der Waals surface area contributed by atoms with E-state index >= 15 is 0 Å². The van der Waals surface area contributed by atoms with Crippen LogP contribution in [0.1, 0.15) is 12.5 Å². The third-order valence-electron chi connectivity index (χ3n) is 2.23. The van der Waals surface area contributed by atoms with E-state index in [-0.39, 0.29) is 6.61 Å². The van der Waals surface area contributed by atoms with Gasteiger partial charge in [-0.05, 0) is 31.5 Å². The molecule has 2 amide bonds. The monoisotopic (exact) mass is 270 g/mol. The first-order valence-corrected chi connectivity index (χ1v) is 5.80. The summed E-state index contributed by atoms with van der Waals surface area (Å²) in [6, 6.07) is 4.63. The van der Waals surface area contributed by atoms with Crippen molar-refractivity contribution in [1.29, 1.82) is 0 Å². The number of hydrogen-bond donors (Lipinski definition) is 3. The van der Waals surface area contributed by atoms with Crippen molar-refractivity contribution >= 4 is 29.1 Å². The first-order valence-electron chi connectivity index (χ1n) is 5.43. The summed E-state index contributed by atoms with van der Waals surface area (Å²) in [6.07, 6.45) is 0. The van der Waals surface area contributed by atoms with Gasteiger partial charge in [-0.15, -0.1) is 0 Å². The first-order chi connectivity index (χ1) is 8.43. The summed E-state index contributed by atoms with van der Waals surface area (Å²) in [5.41, 5.74) is 1.30. The molecule has 0 saturated heterocycles. The average Bonchev–Trinajstić information content (AvgIpc) is 2.33. The summed E-state index contributed by atoms with van der Waals surface area (Å²) >= 11 is 5.89. The fraction of sp³-hybridized carbons (Fsp3) is 0.333. The van der Waals surface area contributed by atoms with Crippen molar-refractivity contribution in [1.82, 2.24) is 5.32 Å². The van der Waals surface area contributed by atoms with Crippen LogP contribution in [-0.2, 0) is 9.59 Å². The number of carbonyl (C=O) groups excluding carboxylic acids is 2. The summed E-state index contributed by atoms with van der Waals surface area (Å²) < 4.78 is 0. The van der Waals surface area contributed by atoms with E-state index < -0.39 is 17.9 Å². The molecule has 3 N–H and O–H groups in total. The molecular weight excluding hydrogens is 256 g/mol. The molecule has 1 unspecified atom stereocenters. The molecular formula is C12H15ClN2O3. The van der Waals surface area contributed by atoms with Crippen LogP contribution in [-0.4, -0.2) is 29.6 Å². The largest absolute Gasteiger partial charge is 0.394 e. The molecule has 1 aromatic carbocycles. The maximum Gasteiger partial charge on any atom is 0.313 e. The van der Waals surface area contributed by atoms with Crippen molar-refractivity contribution in [3.63, 3.8) is 0 Å². The van der Waals surface area contributed by atoms with Gasteiger partial charge in [-0.25, -0.2) is 0 Å². The first kappa shape index (κ1) is 14.5. The Morgan fingerprint density at radius 1 is 1.39 bits per heavy atom. The van der Waals surface area contributed by atoms with E-state index in [1.807, 2.05) is 6.92 Å². The normalized spacial score (nSPS) is 11.8. The van der Waals surface area contributed by atoms with Crippen molar-refractivity contribution in [2.45, 2.75) is 19.9 Å². The summed E-state index contributed by atoms with van der Waals surface area (Å²) in [5.74, 6) is -1.63. The fourth-order valence-electron chi connectivity index (χ4n) is 1.25. The van der Waals surface area contributed by atoms with Gasteiger partial charge < -0.3 is 15.7 Å². The van der Waals surface area contributed by atoms with E-state index in [1.54, 1.807) is 25.1 Å². The zero-order chi connectivity index (χ0) is 13.7. The molecule has 0 aromatic heterocycles. The van der Waals surface area contributed by atoms with E-state index in [2.05, 4.69) is 10.6 Å². The number of anilines is 1. The van der Waals surface area contributed by atoms with Gasteiger partial charge in [-0.1, -0.05) is 17.7 Å². The molecule has 1 rings (SSSR count). The van der Waals surface area contributed by atoms with Gasteiger partial charge in [-0.3, -0.25) is 9.59 Å². The lowest BCUT2D eigenvalue weighted by atomic mass is 10.2. The molecule has 1 aromatic rings. The highest BCUT2D eigenvalue weighted by atomic mass is 35.5. The van der Waals surface area contributed by atoms with Crippen LogP contribution in [0.2, 0.25) is 5.02 Å². The fourth-order valence-corrected chi connectivity index (χ4v) is 1.41. The Morgan fingerprint density at radius 3 is 2.67 bits per heavy atom. The van der Waals surface area contributed by atoms with E-state index in [0.717, 1.165) is 5.56 Å². The molecule has 1 atom stereocenters. The standard InChI is InChI=1S/C12H15ClN2O3/c1-7-3-4-9(13)10(5-7)15-12(18)11(17)14-8(2)6-16/h3-5,8,16H,6H2,1-2H3,(H,14,17)(H,15,18). The SMILES string of the molecule is Cc1ccc(Cl)c(NC(=O)C(=O)NC(C)CO)c1. The Labute approximate surface area is 110 Å². The van der Waals surface area contributed by atoms with E-state index in [0.29, 0.717) is 10.7 Å². The molecule has 0 spiro atoms. The molecule has 0 radical (unpaired) electrons. The second-order valence-electron chi connectivity index (χ2n) is 3.99. The number of benzene rings is 1. The van der Waals surface area contributed by atoms with Crippen LogP contribution < -0.4 is 10.6 Å². The summed E-state index contributed by atoms with van der Waals surface area (Å²) in [7, 11) is 0. The van der Waals surface area contributed by atoms with E-state index in [1.165, 1.54) is 0 Å². The van der Waals surface area contributed by atoms with Crippen LogP contribution in [0, 0.1) is 6.92 Å². The van der Waals surface area contributed by atoms with Crippen molar-refractivity contribution in [3.8, 4) is 0 Å². The Bertz CT molecular complexity index is 463. The van der Waals surface area contributed by atoms with Gasteiger partial charge in [0.05, 0.1) is 17.3 Å². The maximum atomic E-state index is 11.6. The number of carbonyl (C=O) groups is 2. The van der Waals surface area contributed by atoms with Crippen molar-refractivity contribution < 1.29 is 14.7 Å².